The van der Waals surface area contributed by atoms with E-state index >= 15 is 0 Å². The van der Waals surface area contributed by atoms with Crippen molar-refractivity contribution in [1.29, 1.82) is 0 Å². The first-order chi connectivity index (χ1) is 12.7. The molecule has 2 aliphatic heterocycles. The highest BCUT2D eigenvalue weighted by molar-refractivity contribution is 5.81. The van der Waals surface area contributed by atoms with Gasteiger partial charge in [-0.1, -0.05) is 12.1 Å². The summed E-state index contributed by atoms with van der Waals surface area (Å²) in [6, 6.07) is 8.02. The van der Waals surface area contributed by atoms with Gasteiger partial charge < -0.3 is 19.9 Å². The number of hydrogen-bond acceptors (Lipinski definition) is 6. The predicted octanol–water partition coefficient (Wildman–Crippen LogP) is 1.89. The van der Waals surface area contributed by atoms with Crippen LogP contribution in [0.5, 0.6) is 0 Å². The molecule has 1 aromatic carbocycles. The van der Waals surface area contributed by atoms with Crippen molar-refractivity contribution in [3.05, 3.63) is 24.3 Å². The number of anilines is 2. The maximum absolute atomic E-state index is 11.9. The van der Waals surface area contributed by atoms with Gasteiger partial charge in [-0.2, -0.15) is 0 Å². The number of para-hydroxylation sites is 2. The average Bonchev–Trinajstić information content (AvgIpc) is 3.06. The SMILES string of the molecule is CC(CN1CCCC1=O)Nc1nc2ccccc2nc1N1CCOCC1. The molecule has 2 aliphatic rings. The molecule has 1 N–H and O–H groups in total. The number of rotatable bonds is 5. The zero-order chi connectivity index (χ0) is 17.9. The summed E-state index contributed by atoms with van der Waals surface area (Å²) in [5.74, 6) is 1.90. The Hall–Kier alpha value is -2.41. The zero-order valence-electron chi connectivity index (χ0n) is 15.1. The summed E-state index contributed by atoms with van der Waals surface area (Å²) in [7, 11) is 0. The summed E-state index contributed by atoms with van der Waals surface area (Å²) in [5, 5.41) is 3.50. The minimum absolute atomic E-state index is 0.104. The van der Waals surface area contributed by atoms with Crippen LogP contribution in [-0.2, 0) is 9.53 Å². The van der Waals surface area contributed by atoms with Crippen LogP contribution in [0.2, 0.25) is 0 Å². The minimum Gasteiger partial charge on any atom is -0.378 e. The van der Waals surface area contributed by atoms with Crippen LogP contribution >= 0.6 is 0 Å². The van der Waals surface area contributed by atoms with Gasteiger partial charge in [0.05, 0.1) is 24.2 Å². The number of morpholine rings is 1. The fourth-order valence-electron chi connectivity index (χ4n) is 3.59. The fraction of sp³-hybridized carbons (Fsp3) is 0.526. The van der Waals surface area contributed by atoms with Gasteiger partial charge in [0.15, 0.2) is 11.6 Å². The highest BCUT2D eigenvalue weighted by atomic mass is 16.5. The van der Waals surface area contributed by atoms with Gasteiger partial charge >= 0.3 is 0 Å². The molecule has 1 atom stereocenters. The molecule has 0 aliphatic carbocycles. The molecule has 0 bridgehead atoms. The Balaban J connectivity index is 1.59. The van der Waals surface area contributed by atoms with Crippen LogP contribution in [0.15, 0.2) is 24.3 Å². The Morgan fingerprint density at radius 1 is 1.15 bits per heavy atom. The molecule has 1 unspecified atom stereocenters. The highest BCUT2D eigenvalue weighted by Crippen LogP contribution is 2.26. The number of hydrogen-bond donors (Lipinski definition) is 1. The molecule has 3 heterocycles. The highest BCUT2D eigenvalue weighted by Gasteiger charge is 2.24. The second-order valence-electron chi connectivity index (χ2n) is 6.97. The number of fused-ring (bicyclic) bond motifs is 1. The number of carbonyl (C=O) groups excluding carboxylic acids is 1. The van der Waals surface area contributed by atoms with Gasteiger partial charge in [-0.3, -0.25) is 4.79 Å². The van der Waals surface area contributed by atoms with Crippen LogP contribution < -0.4 is 10.2 Å². The number of nitrogens with zero attached hydrogens (tertiary/aromatic N) is 4. The van der Waals surface area contributed by atoms with Gasteiger partial charge in [0.2, 0.25) is 5.91 Å². The molecular weight excluding hydrogens is 330 g/mol. The lowest BCUT2D eigenvalue weighted by molar-refractivity contribution is -0.127. The molecule has 2 saturated heterocycles. The van der Waals surface area contributed by atoms with E-state index in [0.717, 1.165) is 48.7 Å². The Morgan fingerprint density at radius 3 is 2.58 bits per heavy atom. The molecule has 2 fully saturated rings. The summed E-state index contributed by atoms with van der Waals surface area (Å²) in [5.41, 5.74) is 1.76. The maximum Gasteiger partial charge on any atom is 0.222 e. The topological polar surface area (TPSA) is 70.6 Å². The van der Waals surface area contributed by atoms with Crippen molar-refractivity contribution in [3.8, 4) is 0 Å². The van der Waals surface area contributed by atoms with Crippen LogP contribution in [0, 0.1) is 0 Å². The first kappa shape index (κ1) is 17.0. The van der Waals surface area contributed by atoms with Crippen molar-refractivity contribution < 1.29 is 9.53 Å². The van der Waals surface area contributed by atoms with Crippen molar-refractivity contribution in [1.82, 2.24) is 14.9 Å². The third kappa shape index (κ3) is 3.58. The maximum atomic E-state index is 11.9. The van der Waals surface area contributed by atoms with Crippen LogP contribution in [0.25, 0.3) is 11.0 Å². The molecule has 0 spiro atoms. The normalized spacial score (nSPS) is 19.2. The molecule has 7 heteroatoms. The Kier molecular flexibility index (Phi) is 4.88. The van der Waals surface area contributed by atoms with E-state index in [1.54, 1.807) is 0 Å². The lowest BCUT2D eigenvalue weighted by Crippen LogP contribution is -2.39. The number of amides is 1. The minimum atomic E-state index is 0.104. The van der Waals surface area contributed by atoms with Crippen molar-refractivity contribution in [2.24, 2.45) is 0 Å². The monoisotopic (exact) mass is 355 g/mol. The molecule has 0 radical (unpaired) electrons. The average molecular weight is 355 g/mol. The summed E-state index contributed by atoms with van der Waals surface area (Å²) < 4.78 is 5.48. The van der Waals surface area contributed by atoms with Crippen LogP contribution in [0.3, 0.4) is 0 Å². The Bertz CT molecular complexity index is 791. The van der Waals surface area contributed by atoms with E-state index in [2.05, 4.69) is 17.1 Å². The van der Waals surface area contributed by atoms with Gasteiger partial charge in [0.25, 0.3) is 0 Å². The van der Waals surface area contributed by atoms with E-state index in [1.807, 2.05) is 29.2 Å². The third-order valence-electron chi connectivity index (χ3n) is 4.91. The molecule has 2 aromatic rings. The largest absolute Gasteiger partial charge is 0.378 e. The second kappa shape index (κ2) is 7.45. The zero-order valence-corrected chi connectivity index (χ0v) is 15.1. The van der Waals surface area contributed by atoms with Crippen molar-refractivity contribution >= 4 is 28.6 Å². The van der Waals surface area contributed by atoms with Gasteiger partial charge in [-0.05, 0) is 25.5 Å². The first-order valence-electron chi connectivity index (χ1n) is 9.34. The van der Waals surface area contributed by atoms with Crippen molar-refractivity contribution in [3.63, 3.8) is 0 Å². The lowest BCUT2D eigenvalue weighted by Gasteiger charge is -2.30. The Labute approximate surface area is 153 Å². The molecule has 1 aromatic heterocycles. The van der Waals surface area contributed by atoms with Crippen LogP contribution in [-0.4, -0.2) is 66.2 Å². The van der Waals surface area contributed by atoms with Crippen LogP contribution in [0.4, 0.5) is 11.6 Å². The number of nitrogens with one attached hydrogen (secondary N) is 1. The van der Waals surface area contributed by atoms with Crippen LogP contribution in [0.1, 0.15) is 19.8 Å². The molecule has 4 rings (SSSR count). The summed E-state index contributed by atoms with van der Waals surface area (Å²) >= 11 is 0. The van der Waals surface area contributed by atoms with E-state index in [9.17, 15) is 4.79 Å². The standard InChI is InChI=1S/C19H25N5O2/c1-14(13-24-8-4-7-17(24)25)20-18-19(23-9-11-26-12-10-23)22-16-6-3-2-5-15(16)21-18/h2-3,5-6,14H,4,7-13H2,1H3,(H,20,21). The van der Waals surface area contributed by atoms with Gasteiger partial charge in [-0.15, -0.1) is 0 Å². The number of carbonyl (C=O) groups is 1. The summed E-state index contributed by atoms with van der Waals surface area (Å²) in [4.78, 5) is 25.7. The van der Waals surface area contributed by atoms with E-state index in [4.69, 9.17) is 14.7 Å². The lowest BCUT2D eigenvalue weighted by atomic mass is 10.2. The summed E-state index contributed by atoms with van der Waals surface area (Å²) in [6.07, 6.45) is 1.63. The molecule has 26 heavy (non-hydrogen) atoms. The first-order valence-corrected chi connectivity index (χ1v) is 9.34. The Morgan fingerprint density at radius 2 is 1.88 bits per heavy atom. The number of aromatic nitrogens is 2. The van der Waals surface area contributed by atoms with E-state index in [1.165, 1.54) is 0 Å². The number of benzene rings is 1. The van der Waals surface area contributed by atoms with Gasteiger partial charge in [0.1, 0.15) is 0 Å². The third-order valence-corrected chi connectivity index (χ3v) is 4.91. The number of ether oxygens (including phenoxy) is 1. The molecule has 0 saturated carbocycles. The molecular formula is C19H25N5O2. The summed E-state index contributed by atoms with van der Waals surface area (Å²) in [6.45, 7) is 6.64. The quantitative estimate of drug-likeness (QED) is 0.883. The van der Waals surface area contributed by atoms with Crippen molar-refractivity contribution in [2.45, 2.75) is 25.8 Å². The molecule has 138 valence electrons. The second-order valence-corrected chi connectivity index (χ2v) is 6.97. The van der Waals surface area contributed by atoms with Gasteiger partial charge in [-0.25, -0.2) is 9.97 Å². The van der Waals surface area contributed by atoms with E-state index in [-0.39, 0.29) is 11.9 Å². The molecule has 1 amide bonds. The molecule has 7 nitrogen and oxygen atoms in total. The van der Waals surface area contributed by atoms with E-state index < -0.39 is 0 Å². The van der Waals surface area contributed by atoms with Gasteiger partial charge in [0, 0.05) is 38.6 Å². The van der Waals surface area contributed by atoms with E-state index in [0.29, 0.717) is 26.2 Å². The fourth-order valence-corrected chi connectivity index (χ4v) is 3.59. The van der Waals surface area contributed by atoms with Crippen molar-refractivity contribution in [2.75, 3.05) is 49.6 Å². The predicted molar refractivity (Wildman–Crippen MR) is 101 cm³/mol. The number of likely N-dealkylation sites (tertiary alicyclic amines) is 1. The smallest absolute Gasteiger partial charge is 0.222 e.